The molecule has 0 aliphatic carbocycles. The second kappa shape index (κ2) is 10.5. The van der Waals surface area contributed by atoms with Crippen LogP contribution in [0.2, 0.25) is 0 Å². The zero-order chi connectivity index (χ0) is 17.9. The number of pyridine rings is 2. The van der Waals surface area contributed by atoms with E-state index in [-0.39, 0.29) is 17.6 Å². The lowest BCUT2D eigenvalue weighted by Gasteiger charge is -2.09. The van der Waals surface area contributed by atoms with Crippen LogP contribution < -0.4 is 10.6 Å². The van der Waals surface area contributed by atoms with E-state index in [4.69, 9.17) is 0 Å². The summed E-state index contributed by atoms with van der Waals surface area (Å²) in [5.74, 6) is -0.0273. The van der Waals surface area contributed by atoms with Gasteiger partial charge in [0.1, 0.15) is 5.03 Å². The van der Waals surface area contributed by atoms with E-state index in [0.717, 1.165) is 18.4 Å². The standard InChI is InChI=1S/C18H22N4O2S/c1-2-3-9-20-16(23)13-25-18-15(7-5-10-21-18)17(24)22-12-14-6-4-8-19-11-14/h4-8,10-11H,2-3,9,12-13H2,1H3,(H,20,23)(H,22,24). The molecule has 7 heteroatoms. The molecule has 0 saturated carbocycles. The molecular formula is C18H22N4O2S. The summed E-state index contributed by atoms with van der Waals surface area (Å²) in [7, 11) is 0. The maximum Gasteiger partial charge on any atom is 0.254 e. The summed E-state index contributed by atoms with van der Waals surface area (Å²) in [4.78, 5) is 32.5. The number of rotatable bonds is 9. The van der Waals surface area contributed by atoms with Crippen molar-refractivity contribution in [1.82, 2.24) is 20.6 Å². The van der Waals surface area contributed by atoms with Crippen LogP contribution in [0.15, 0.2) is 47.9 Å². The van der Waals surface area contributed by atoms with Gasteiger partial charge in [-0.05, 0) is 30.2 Å². The Balaban J connectivity index is 1.90. The average Bonchev–Trinajstić information content (AvgIpc) is 2.66. The highest BCUT2D eigenvalue weighted by molar-refractivity contribution is 8.00. The fourth-order valence-electron chi connectivity index (χ4n) is 2.05. The molecule has 0 fully saturated rings. The molecule has 2 heterocycles. The zero-order valence-corrected chi connectivity index (χ0v) is 15.0. The lowest BCUT2D eigenvalue weighted by atomic mass is 10.2. The Morgan fingerprint density at radius 1 is 1.16 bits per heavy atom. The molecule has 0 aromatic carbocycles. The van der Waals surface area contributed by atoms with Gasteiger partial charge in [-0.25, -0.2) is 4.98 Å². The van der Waals surface area contributed by atoms with Gasteiger partial charge in [-0.1, -0.05) is 31.2 Å². The predicted molar refractivity (Wildman–Crippen MR) is 98.3 cm³/mol. The zero-order valence-electron chi connectivity index (χ0n) is 14.2. The molecular weight excluding hydrogens is 336 g/mol. The Hall–Kier alpha value is -2.41. The van der Waals surface area contributed by atoms with Crippen molar-refractivity contribution in [3.05, 3.63) is 54.0 Å². The molecule has 2 N–H and O–H groups in total. The van der Waals surface area contributed by atoms with Gasteiger partial charge >= 0.3 is 0 Å². The van der Waals surface area contributed by atoms with Gasteiger partial charge in [-0.15, -0.1) is 0 Å². The van der Waals surface area contributed by atoms with Crippen molar-refractivity contribution in [2.45, 2.75) is 31.3 Å². The lowest BCUT2D eigenvalue weighted by Crippen LogP contribution is -2.26. The van der Waals surface area contributed by atoms with Gasteiger partial charge in [0.05, 0.1) is 11.3 Å². The van der Waals surface area contributed by atoms with Crippen molar-refractivity contribution < 1.29 is 9.59 Å². The van der Waals surface area contributed by atoms with Gasteiger partial charge in [-0.3, -0.25) is 14.6 Å². The highest BCUT2D eigenvalue weighted by Crippen LogP contribution is 2.19. The predicted octanol–water partition coefficient (Wildman–Crippen LogP) is 2.42. The van der Waals surface area contributed by atoms with Gasteiger partial charge in [-0.2, -0.15) is 0 Å². The number of nitrogens with one attached hydrogen (secondary N) is 2. The summed E-state index contributed by atoms with van der Waals surface area (Å²) in [6, 6.07) is 7.14. The van der Waals surface area contributed by atoms with Gasteiger partial charge in [0.15, 0.2) is 0 Å². The van der Waals surface area contributed by atoms with E-state index in [0.29, 0.717) is 23.7 Å². The molecule has 0 aliphatic rings. The number of carbonyl (C=O) groups is 2. The van der Waals surface area contributed by atoms with E-state index >= 15 is 0 Å². The van der Waals surface area contributed by atoms with Crippen LogP contribution in [0.3, 0.4) is 0 Å². The van der Waals surface area contributed by atoms with E-state index in [9.17, 15) is 9.59 Å². The third-order valence-electron chi connectivity index (χ3n) is 3.38. The fourth-order valence-corrected chi connectivity index (χ4v) is 2.87. The largest absolute Gasteiger partial charge is 0.355 e. The Kier molecular flexibility index (Phi) is 7.91. The van der Waals surface area contributed by atoms with Crippen LogP contribution in [0.4, 0.5) is 0 Å². The molecule has 2 rings (SSSR count). The summed E-state index contributed by atoms with van der Waals surface area (Å²) < 4.78 is 0. The summed E-state index contributed by atoms with van der Waals surface area (Å²) in [5.41, 5.74) is 1.39. The topological polar surface area (TPSA) is 84.0 Å². The Morgan fingerprint density at radius 3 is 2.76 bits per heavy atom. The number of unbranched alkanes of at least 4 members (excludes halogenated alkanes) is 1. The highest BCUT2D eigenvalue weighted by Gasteiger charge is 2.14. The van der Waals surface area contributed by atoms with Crippen molar-refractivity contribution in [2.75, 3.05) is 12.3 Å². The third kappa shape index (κ3) is 6.54. The molecule has 0 atom stereocenters. The molecule has 0 bridgehead atoms. The molecule has 0 unspecified atom stereocenters. The summed E-state index contributed by atoms with van der Waals surface area (Å²) in [6.07, 6.45) is 7.01. The minimum atomic E-state index is -0.217. The van der Waals surface area contributed by atoms with Crippen LogP contribution in [0, 0.1) is 0 Å². The highest BCUT2D eigenvalue weighted by atomic mass is 32.2. The van der Waals surface area contributed by atoms with Crippen LogP contribution in [0.1, 0.15) is 35.7 Å². The van der Waals surface area contributed by atoms with Crippen molar-refractivity contribution in [1.29, 1.82) is 0 Å². The van der Waals surface area contributed by atoms with Gasteiger partial charge in [0.25, 0.3) is 5.91 Å². The van der Waals surface area contributed by atoms with Crippen LogP contribution in [0.25, 0.3) is 0 Å². The number of hydrogen-bond donors (Lipinski definition) is 2. The summed E-state index contributed by atoms with van der Waals surface area (Å²) in [6.45, 7) is 3.14. The first-order valence-corrected chi connectivity index (χ1v) is 9.21. The Labute approximate surface area is 151 Å². The Morgan fingerprint density at radius 2 is 2.00 bits per heavy atom. The van der Waals surface area contributed by atoms with E-state index in [1.807, 2.05) is 12.1 Å². The molecule has 25 heavy (non-hydrogen) atoms. The SMILES string of the molecule is CCCCNC(=O)CSc1ncccc1C(=O)NCc1cccnc1. The van der Waals surface area contributed by atoms with Gasteiger partial charge in [0.2, 0.25) is 5.91 Å². The van der Waals surface area contributed by atoms with Crippen molar-refractivity contribution >= 4 is 23.6 Å². The third-order valence-corrected chi connectivity index (χ3v) is 4.39. The van der Waals surface area contributed by atoms with Crippen molar-refractivity contribution in [3.8, 4) is 0 Å². The van der Waals surface area contributed by atoms with Crippen LogP contribution in [-0.2, 0) is 11.3 Å². The van der Waals surface area contributed by atoms with Crippen LogP contribution >= 0.6 is 11.8 Å². The average molecular weight is 358 g/mol. The molecule has 0 saturated heterocycles. The van der Waals surface area contributed by atoms with Gasteiger partial charge in [0, 0.05) is 31.7 Å². The van der Waals surface area contributed by atoms with E-state index < -0.39 is 0 Å². The molecule has 0 aliphatic heterocycles. The van der Waals surface area contributed by atoms with Crippen LogP contribution in [0.5, 0.6) is 0 Å². The molecule has 0 spiro atoms. The van der Waals surface area contributed by atoms with Crippen molar-refractivity contribution in [2.24, 2.45) is 0 Å². The van der Waals surface area contributed by atoms with Gasteiger partial charge < -0.3 is 10.6 Å². The molecule has 2 aromatic heterocycles. The minimum Gasteiger partial charge on any atom is -0.355 e. The first kappa shape index (κ1) is 18.9. The maximum absolute atomic E-state index is 12.4. The monoisotopic (exact) mass is 358 g/mol. The molecule has 2 aromatic rings. The normalized spacial score (nSPS) is 10.3. The van der Waals surface area contributed by atoms with Crippen molar-refractivity contribution in [3.63, 3.8) is 0 Å². The Bertz CT molecular complexity index is 694. The van der Waals surface area contributed by atoms with E-state index in [1.54, 1.807) is 30.7 Å². The first-order chi connectivity index (χ1) is 12.2. The van der Waals surface area contributed by atoms with Crippen LogP contribution in [-0.4, -0.2) is 34.1 Å². The first-order valence-electron chi connectivity index (χ1n) is 8.22. The number of aromatic nitrogens is 2. The molecule has 2 amide bonds. The second-order valence-corrected chi connectivity index (χ2v) is 6.36. The number of nitrogens with zero attached hydrogens (tertiary/aromatic N) is 2. The molecule has 0 radical (unpaired) electrons. The molecule has 132 valence electrons. The second-order valence-electron chi connectivity index (χ2n) is 5.39. The maximum atomic E-state index is 12.4. The smallest absolute Gasteiger partial charge is 0.254 e. The van der Waals surface area contributed by atoms with E-state index in [1.165, 1.54) is 11.8 Å². The number of thioether (sulfide) groups is 1. The minimum absolute atomic E-state index is 0.0502. The lowest BCUT2D eigenvalue weighted by molar-refractivity contribution is -0.118. The fraction of sp³-hybridized carbons (Fsp3) is 0.333. The number of carbonyl (C=O) groups excluding carboxylic acids is 2. The van der Waals surface area contributed by atoms with E-state index in [2.05, 4.69) is 27.5 Å². The number of amides is 2. The summed E-state index contributed by atoms with van der Waals surface area (Å²) >= 11 is 1.27. The molecule has 6 nitrogen and oxygen atoms in total. The number of hydrogen-bond acceptors (Lipinski definition) is 5. The quantitative estimate of drug-likeness (QED) is 0.531. The summed E-state index contributed by atoms with van der Waals surface area (Å²) in [5, 5.41) is 6.26.